The van der Waals surface area contributed by atoms with Crippen molar-refractivity contribution in [3.05, 3.63) is 63.9 Å². The molecule has 1 amide bonds. The zero-order valence-corrected chi connectivity index (χ0v) is 14.6. The van der Waals surface area contributed by atoms with E-state index < -0.39 is 0 Å². The number of halogens is 2. The fourth-order valence-corrected chi connectivity index (χ4v) is 2.40. The fraction of sp³-hybridized carbons (Fsp3) is 0.278. The van der Waals surface area contributed by atoms with E-state index in [1.807, 2.05) is 25.1 Å². The van der Waals surface area contributed by atoms with Crippen molar-refractivity contribution in [2.75, 3.05) is 18.4 Å². The summed E-state index contributed by atoms with van der Waals surface area (Å²) in [5, 5.41) is 6.11. The van der Waals surface area contributed by atoms with Gasteiger partial charge in [-0.15, -0.1) is 0 Å². The summed E-state index contributed by atoms with van der Waals surface area (Å²) >= 11 is 3.43. The lowest BCUT2D eigenvalue weighted by molar-refractivity contribution is -0.116. The summed E-state index contributed by atoms with van der Waals surface area (Å²) in [6.07, 6.45) is 1.23. The predicted molar refractivity (Wildman–Crippen MR) is 95.1 cm³/mol. The molecule has 2 rings (SSSR count). The molecule has 0 saturated heterocycles. The van der Waals surface area contributed by atoms with Crippen molar-refractivity contribution in [1.82, 2.24) is 5.32 Å². The maximum atomic E-state index is 12.8. The Kier molecular flexibility index (Phi) is 6.74. The number of aryl methyl sites for hydroxylation is 1. The molecule has 0 aliphatic carbocycles. The second kappa shape index (κ2) is 8.79. The Labute approximate surface area is 144 Å². The van der Waals surface area contributed by atoms with E-state index >= 15 is 0 Å². The predicted octanol–water partition coefficient (Wildman–Crippen LogP) is 4.06. The summed E-state index contributed by atoms with van der Waals surface area (Å²) in [7, 11) is 0. The Morgan fingerprint density at radius 1 is 1.13 bits per heavy atom. The highest BCUT2D eigenvalue weighted by Gasteiger charge is 2.03. The van der Waals surface area contributed by atoms with Gasteiger partial charge in [-0.2, -0.15) is 0 Å². The van der Waals surface area contributed by atoms with Crippen molar-refractivity contribution in [3.63, 3.8) is 0 Å². The number of nitrogens with one attached hydrogen (secondary N) is 2. The lowest BCUT2D eigenvalue weighted by Crippen LogP contribution is -2.23. The number of amides is 1. The lowest BCUT2D eigenvalue weighted by atomic mass is 10.1. The van der Waals surface area contributed by atoms with Gasteiger partial charge in [0.2, 0.25) is 5.91 Å². The Morgan fingerprint density at radius 2 is 1.87 bits per heavy atom. The van der Waals surface area contributed by atoms with Crippen molar-refractivity contribution in [2.45, 2.75) is 19.8 Å². The summed E-state index contributed by atoms with van der Waals surface area (Å²) in [4.78, 5) is 11.9. The first-order valence-corrected chi connectivity index (χ1v) is 8.35. The summed E-state index contributed by atoms with van der Waals surface area (Å²) in [5.41, 5.74) is 2.97. The smallest absolute Gasteiger partial charge is 0.225 e. The Balaban J connectivity index is 1.64. The number of rotatable bonds is 7. The molecule has 0 spiro atoms. The van der Waals surface area contributed by atoms with E-state index in [0.29, 0.717) is 13.0 Å². The fourth-order valence-electron chi connectivity index (χ4n) is 2.16. The summed E-state index contributed by atoms with van der Waals surface area (Å²) < 4.78 is 13.8. The van der Waals surface area contributed by atoms with Gasteiger partial charge in [-0.1, -0.05) is 28.1 Å². The molecule has 0 bridgehead atoms. The number of anilines is 1. The molecule has 122 valence electrons. The summed E-state index contributed by atoms with van der Waals surface area (Å²) in [6, 6.07) is 12.2. The molecule has 2 aromatic rings. The van der Waals surface area contributed by atoms with Crippen molar-refractivity contribution in [3.8, 4) is 0 Å². The van der Waals surface area contributed by atoms with Gasteiger partial charge < -0.3 is 10.6 Å². The van der Waals surface area contributed by atoms with Gasteiger partial charge in [0.15, 0.2) is 0 Å². The number of benzene rings is 2. The molecule has 2 aromatic carbocycles. The van der Waals surface area contributed by atoms with Crippen molar-refractivity contribution in [1.29, 1.82) is 0 Å². The Morgan fingerprint density at radius 3 is 2.57 bits per heavy atom. The third-order valence-electron chi connectivity index (χ3n) is 3.47. The molecule has 2 N–H and O–H groups in total. The molecule has 3 nitrogen and oxygen atoms in total. The molecule has 0 heterocycles. The van der Waals surface area contributed by atoms with Crippen LogP contribution in [0.2, 0.25) is 0 Å². The highest BCUT2D eigenvalue weighted by atomic mass is 79.9. The van der Waals surface area contributed by atoms with Crippen LogP contribution in [0.1, 0.15) is 17.5 Å². The van der Waals surface area contributed by atoms with E-state index in [1.165, 1.54) is 12.1 Å². The monoisotopic (exact) mass is 378 g/mol. The van der Waals surface area contributed by atoms with Gasteiger partial charge in [0.1, 0.15) is 5.82 Å². The van der Waals surface area contributed by atoms with Crippen molar-refractivity contribution >= 4 is 27.5 Å². The van der Waals surface area contributed by atoms with Crippen LogP contribution in [0.15, 0.2) is 46.9 Å². The molecule has 0 saturated carbocycles. The molecule has 0 fully saturated rings. The second-order valence-electron chi connectivity index (χ2n) is 5.39. The second-order valence-corrected chi connectivity index (χ2v) is 6.24. The van der Waals surface area contributed by atoms with Gasteiger partial charge in [0.05, 0.1) is 0 Å². The maximum absolute atomic E-state index is 12.8. The van der Waals surface area contributed by atoms with Gasteiger partial charge in [0, 0.05) is 23.1 Å². The Bertz CT molecular complexity index is 659. The van der Waals surface area contributed by atoms with Gasteiger partial charge in [-0.05, 0) is 61.3 Å². The van der Waals surface area contributed by atoms with Crippen LogP contribution in [-0.4, -0.2) is 19.0 Å². The van der Waals surface area contributed by atoms with Gasteiger partial charge in [-0.3, -0.25) is 4.79 Å². The zero-order valence-electron chi connectivity index (χ0n) is 13.0. The van der Waals surface area contributed by atoms with Crippen molar-refractivity contribution < 1.29 is 9.18 Å². The van der Waals surface area contributed by atoms with Crippen LogP contribution < -0.4 is 10.6 Å². The van der Waals surface area contributed by atoms with Crippen LogP contribution in [0.25, 0.3) is 0 Å². The van der Waals surface area contributed by atoms with Crippen LogP contribution in [0.3, 0.4) is 0 Å². The van der Waals surface area contributed by atoms with Gasteiger partial charge in [-0.25, -0.2) is 4.39 Å². The average molecular weight is 379 g/mol. The minimum atomic E-state index is -0.221. The summed E-state index contributed by atoms with van der Waals surface area (Å²) in [5.74, 6) is -0.234. The quantitative estimate of drug-likeness (QED) is 0.713. The third-order valence-corrected chi connectivity index (χ3v) is 4.36. The first kappa shape index (κ1) is 17.6. The molecule has 23 heavy (non-hydrogen) atoms. The highest BCUT2D eigenvalue weighted by molar-refractivity contribution is 9.10. The minimum Gasteiger partial charge on any atom is -0.326 e. The molecule has 5 heteroatoms. The van der Waals surface area contributed by atoms with E-state index in [4.69, 9.17) is 0 Å². The molecule has 0 radical (unpaired) electrons. The average Bonchev–Trinajstić information content (AvgIpc) is 2.52. The number of hydrogen-bond acceptors (Lipinski definition) is 2. The van der Waals surface area contributed by atoms with E-state index in [1.54, 1.807) is 12.1 Å². The van der Waals surface area contributed by atoms with E-state index in [2.05, 4.69) is 26.6 Å². The Hall–Kier alpha value is -1.72. The number of carbonyl (C=O) groups is 1. The van der Waals surface area contributed by atoms with Crippen LogP contribution >= 0.6 is 15.9 Å². The topological polar surface area (TPSA) is 41.1 Å². The van der Waals surface area contributed by atoms with Crippen molar-refractivity contribution in [2.24, 2.45) is 0 Å². The van der Waals surface area contributed by atoms with E-state index in [0.717, 1.165) is 34.3 Å². The number of carbonyl (C=O) groups excluding carboxylic acids is 1. The van der Waals surface area contributed by atoms with Crippen LogP contribution in [0, 0.1) is 12.7 Å². The lowest BCUT2D eigenvalue weighted by Gasteiger charge is -2.08. The van der Waals surface area contributed by atoms with Gasteiger partial charge in [0.25, 0.3) is 0 Å². The largest absolute Gasteiger partial charge is 0.326 e. The van der Waals surface area contributed by atoms with Crippen LogP contribution in [0.5, 0.6) is 0 Å². The molecular weight excluding hydrogens is 359 g/mol. The molecule has 0 aliphatic rings. The normalized spacial score (nSPS) is 10.6. The SMILES string of the molecule is Cc1cc(NC(=O)CCNCCc2ccc(F)cc2)ccc1Br. The first-order chi connectivity index (χ1) is 11.0. The van der Waals surface area contributed by atoms with Gasteiger partial charge >= 0.3 is 0 Å². The molecular formula is C18H20BrFN2O. The summed E-state index contributed by atoms with van der Waals surface area (Å²) in [6.45, 7) is 3.36. The molecule has 0 unspecified atom stereocenters. The van der Waals surface area contributed by atoms with E-state index in [9.17, 15) is 9.18 Å². The molecule has 0 atom stereocenters. The zero-order chi connectivity index (χ0) is 16.7. The first-order valence-electron chi connectivity index (χ1n) is 7.56. The van der Waals surface area contributed by atoms with Crippen LogP contribution in [0.4, 0.5) is 10.1 Å². The minimum absolute atomic E-state index is 0.0130. The number of hydrogen-bond donors (Lipinski definition) is 2. The highest BCUT2D eigenvalue weighted by Crippen LogP contribution is 2.19. The van der Waals surface area contributed by atoms with Crippen LogP contribution in [-0.2, 0) is 11.2 Å². The molecule has 0 aliphatic heterocycles. The molecule has 0 aromatic heterocycles. The van der Waals surface area contributed by atoms with E-state index in [-0.39, 0.29) is 11.7 Å². The third kappa shape index (κ3) is 6.12. The maximum Gasteiger partial charge on any atom is 0.225 e. The standard InChI is InChI=1S/C18H20BrFN2O/c1-13-12-16(6-7-17(13)19)22-18(23)9-11-21-10-8-14-2-4-15(20)5-3-14/h2-7,12,21H,8-11H2,1H3,(H,22,23).